The molecule has 3 atom stereocenters. The highest BCUT2D eigenvalue weighted by molar-refractivity contribution is 7.00. The molecule has 0 unspecified atom stereocenters. The Morgan fingerprint density at radius 3 is 1.74 bits per heavy atom. The quantitative estimate of drug-likeness (QED) is 0.0765. The Labute approximate surface area is 367 Å². The van der Waals surface area contributed by atoms with E-state index < -0.39 is 41.2 Å². The van der Waals surface area contributed by atoms with Crippen molar-refractivity contribution >= 4 is 60.6 Å². The number of hydrogen-bond acceptors (Lipinski definition) is 9. The summed E-state index contributed by atoms with van der Waals surface area (Å²) in [6.07, 6.45) is 2.92. The normalized spacial score (nSPS) is 17.1. The Balaban J connectivity index is 1.36. The molecular weight excluding hydrogens is 811 g/mol. The third-order valence-electron chi connectivity index (χ3n) is 11.4. The van der Waals surface area contributed by atoms with E-state index in [0.717, 1.165) is 10.4 Å². The minimum absolute atomic E-state index is 0.0166. The van der Waals surface area contributed by atoms with E-state index in [1.54, 1.807) is 12.4 Å². The molecule has 1 saturated heterocycles. The van der Waals surface area contributed by atoms with Crippen LogP contribution in [0.3, 0.4) is 0 Å². The summed E-state index contributed by atoms with van der Waals surface area (Å²) < 4.78 is 35.7. The van der Waals surface area contributed by atoms with E-state index in [4.69, 9.17) is 33.0 Å². The summed E-state index contributed by atoms with van der Waals surface area (Å²) >= 11 is 0. The summed E-state index contributed by atoms with van der Waals surface area (Å²) in [7, 11) is -6.10. The molecule has 7 rings (SSSR count). The predicted octanol–water partition coefficient (Wildman–Crippen LogP) is 7.93. The lowest BCUT2D eigenvalue weighted by molar-refractivity contribution is -0.0372. The van der Waals surface area contributed by atoms with Crippen molar-refractivity contribution in [3.05, 3.63) is 153 Å². The number of rotatable bonds is 16. The zero-order valence-electron chi connectivity index (χ0n) is 36.5. The van der Waals surface area contributed by atoms with Crippen molar-refractivity contribution < 1.29 is 27.9 Å². The van der Waals surface area contributed by atoms with E-state index >= 15 is 0 Å². The number of fused-ring (bicyclic) bond motifs is 1. The number of nitrogens with zero attached hydrogens (tertiary/aromatic N) is 4. The first kappa shape index (κ1) is 44.4. The van der Waals surface area contributed by atoms with Crippen LogP contribution in [0.15, 0.2) is 153 Å². The number of carbonyl (C=O) groups excluding carboxylic acids is 1. The van der Waals surface area contributed by atoms with Gasteiger partial charge in [-0.25, -0.2) is 9.78 Å². The molecule has 1 aliphatic heterocycles. The molecule has 0 radical (unpaired) electrons. The first-order valence-electron chi connectivity index (χ1n) is 21.0. The van der Waals surface area contributed by atoms with Crippen molar-refractivity contribution in [3.63, 3.8) is 0 Å². The molecule has 62 heavy (non-hydrogen) atoms. The minimum atomic E-state index is -3.10. The van der Waals surface area contributed by atoms with Gasteiger partial charge in [-0.15, -0.1) is 0 Å². The highest BCUT2D eigenvalue weighted by atomic mass is 28.4. The third-order valence-corrected chi connectivity index (χ3v) is 21.5. The van der Waals surface area contributed by atoms with Crippen molar-refractivity contribution in [2.24, 2.45) is 0 Å². The highest BCUT2D eigenvalue weighted by Crippen LogP contribution is 2.43. The summed E-state index contributed by atoms with van der Waals surface area (Å²) in [5.74, 6) is 0.161. The molecule has 1 aliphatic rings. The minimum Gasteiger partial charge on any atom is -0.472 e. The number of carbonyl (C=O) groups is 1. The fourth-order valence-electron chi connectivity index (χ4n) is 8.69. The van der Waals surface area contributed by atoms with Crippen LogP contribution >= 0.6 is 0 Å². The molecule has 1 fully saturated rings. The number of amides is 1. The Morgan fingerprint density at radius 1 is 0.758 bits per heavy atom. The second-order valence-corrected chi connectivity index (χ2v) is 26.0. The number of aromatic nitrogens is 4. The predicted molar refractivity (Wildman–Crippen MR) is 251 cm³/mol. The van der Waals surface area contributed by atoms with Gasteiger partial charge in [0.1, 0.15) is 25.5 Å². The van der Waals surface area contributed by atoms with Gasteiger partial charge in [0, 0.05) is 6.42 Å². The number of ether oxygens (including phenoxy) is 3. The van der Waals surface area contributed by atoms with Crippen LogP contribution in [0.4, 0.5) is 10.7 Å². The number of imidazole rings is 1. The van der Waals surface area contributed by atoms with Gasteiger partial charge in [-0.05, 0) is 30.8 Å². The molecule has 0 aliphatic carbocycles. The molecule has 4 aromatic carbocycles. The molecule has 0 saturated carbocycles. The summed E-state index contributed by atoms with van der Waals surface area (Å²) in [5.41, 5.74) is 0.803. The van der Waals surface area contributed by atoms with E-state index in [1.807, 2.05) is 28.8 Å². The summed E-state index contributed by atoms with van der Waals surface area (Å²) in [6, 6.07) is 42.5. The fourth-order valence-corrected chi connectivity index (χ4v) is 18.0. The lowest BCUT2D eigenvalue weighted by Crippen LogP contribution is -2.69. The molecular formula is C49H57N5O6Si2. The van der Waals surface area contributed by atoms with Gasteiger partial charge in [-0.1, -0.05) is 188 Å². The first-order valence-corrected chi connectivity index (χ1v) is 24.9. The second-order valence-electron chi connectivity index (χ2n) is 17.4. The molecule has 1 N–H and O–H groups in total. The van der Waals surface area contributed by atoms with Gasteiger partial charge in [-0.2, -0.15) is 9.97 Å². The smallest absolute Gasteiger partial charge is 0.414 e. The molecule has 322 valence electrons. The standard InChI is InChI=1S/C49H57N5O6Si2/c1-9-31-56-45-43-44(51-46(52-45)53-47(55)57-32-10-2)54(35-50-43)42-33-40(60-62(49(6,7)8,38-27-19-13-20-28-38)39-29-21-14-22-30-39)41(59-42)34-58-61(48(3,4)5,36-23-15-11-16-24-36)37-25-17-12-18-26-37/h9-30,35,40-42H,1-2,31-34H2,3-8H3,(H,51,52,53,55)/t40-,41+,42+/m0/s1. The molecule has 0 bridgehead atoms. The van der Waals surface area contributed by atoms with Gasteiger partial charge in [0.15, 0.2) is 11.2 Å². The highest BCUT2D eigenvalue weighted by Gasteiger charge is 2.55. The average Bonchev–Trinajstić information content (AvgIpc) is 3.88. The molecule has 2 aromatic heterocycles. The Kier molecular flexibility index (Phi) is 13.4. The van der Waals surface area contributed by atoms with Crippen LogP contribution in [0.25, 0.3) is 11.2 Å². The number of benzene rings is 4. The molecule has 11 nitrogen and oxygen atoms in total. The lowest BCUT2D eigenvalue weighted by atomic mass is 10.2. The number of anilines is 1. The van der Waals surface area contributed by atoms with Crippen LogP contribution in [0.2, 0.25) is 10.1 Å². The van der Waals surface area contributed by atoms with Crippen LogP contribution < -0.4 is 30.8 Å². The number of nitrogens with one attached hydrogen (secondary N) is 1. The molecule has 3 heterocycles. The van der Waals surface area contributed by atoms with Gasteiger partial charge in [0.05, 0.1) is 19.0 Å². The summed E-state index contributed by atoms with van der Waals surface area (Å²) in [4.78, 5) is 26.6. The fraction of sp³-hybridized carbons (Fsp3) is 0.306. The SMILES string of the molecule is C=CCOC(=O)Nc1nc(OCC=C)c2ncn([C@H]3C[C@H](O[Si](c4ccccc4)(c4ccccc4)C(C)(C)C)[C@@H](CO[Si](c4ccccc4)(c4ccccc4)C(C)(C)C)O3)c2n1. The summed E-state index contributed by atoms with van der Waals surface area (Å²) in [6.45, 7) is 21.5. The van der Waals surface area contributed by atoms with Crippen molar-refractivity contribution in [3.8, 4) is 5.88 Å². The van der Waals surface area contributed by atoms with E-state index in [9.17, 15) is 4.79 Å². The zero-order valence-corrected chi connectivity index (χ0v) is 38.5. The maximum Gasteiger partial charge on any atom is 0.414 e. The molecule has 1 amide bonds. The Morgan fingerprint density at radius 2 is 1.26 bits per heavy atom. The maximum atomic E-state index is 12.7. The van der Waals surface area contributed by atoms with E-state index in [0.29, 0.717) is 17.6 Å². The van der Waals surface area contributed by atoms with E-state index in [1.165, 1.54) is 16.4 Å². The van der Waals surface area contributed by atoms with Gasteiger partial charge in [-0.3, -0.25) is 9.88 Å². The topological polar surface area (TPSA) is 119 Å². The zero-order chi connectivity index (χ0) is 44.0. The van der Waals surface area contributed by atoms with Crippen LogP contribution in [-0.2, 0) is 18.3 Å². The summed E-state index contributed by atoms with van der Waals surface area (Å²) in [5, 5.41) is 6.73. The average molecular weight is 868 g/mol. The second kappa shape index (κ2) is 18.7. The number of hydrogen-bond donors (Lipinski definition) is 1. The van der Waals surface area contributed by atoms with Crippen LogP contribution in [0.5, 0.6) is 5.88 Å². The van der Waals surface area contributed by atoms with Crippen molar-refractivity contribution in [2.75, 3.05) is 25.1 Å². The van der Waals surface area contributed by atoms with Gasteiger partial charge in [0.2, 0.25) is 11.8 Å². The van der Waals surface area contributed by atoms with Crippen LogP contribution in [0, 0.1) is 0 Å². The van der Waals surface area contributed by atoms with E-state index in [2.05, 4.69) is 162 Å². The Hall–Kier alpha value is -5.71. The van der Waals surface area contributed by atoms with Crippen molar-refractivity contribution in [2.45, 2.75) is 76.5 Å². The molecule has 6 aromatic rings. The third kappa shape index (κ3) is 8.81. The Bertz CT molecular complexity index is 2360. The van der Waals surface area contributed by atoms with Crippen LogP contribution in [-0.4, -0.2) is 74.3 Å². The van der Waals surface area contributed by atoms with Gasteiger partial charge >= 0.3 is 6.09 Å². The van der Waals surface area contributed by atoms with Crippen LogP contribution in [0.1, 0.15) is 54.2 Å². The van der Waals surface area contributed by atoms with E-state index in [-0.39, 0.29) is 41.7 Å². The van der Waals surface area contributed by atoms with Crippen molar-refractivity contribution in [1.82, 2.24) is 19.5 Å². The lowest BCUT2D eigenvalue weighted by Gasteiger charge is -2.46. The largest absolute Gasteiger partial charge is 0.472 e. The maximum absolute atomic E-state index is 12.7. The molecule has 0 spiro atoms. The molecule has 13 heteroatoms. The van der Waals surface area contributed by atoms with Gasteiger partial charge < -0.3 is 23.1 Å². The van der Waals surface area contributed by atoms with Gasteiger partial charge in [0.25, 0.3) is 16.6 Å². The van der Waals surface area contributed by atoms with Crippen molar-refractivity contribution in [1.29, 1.82) is 0 Å². The monoisotopic (exact) mass is 867 g/mol. The first-order chi connectivity index (χ1) is 29.8.